The summed E-state index contributed by atoms with van der Waals surface area (Å²) in [5, 5.41) is 24.4. The van der Waals surface area contributed by atoms with Crippen LogP contribution in [0.4, 0.5) is 21.6 Å². The summed E-state index contributed by atoms with van der Waals surface area (Å²) in [6.07, 6.45) is 5.14. The second kappa shape index (κ2) is 10.3. The fourth-order valence-electron chi connectivity index (χ4n) is 3.92. The maximum absolute atomic E-state index is 15.2. The van der Waals surface area contributed by atoms with Crippen LogP contribution in [-0.4, -0.2) is 47.3 Å². The largest absolute Gasteiger partial charge is 0.378 e. The first-order valence-electron chi connectivity index (χ1n) is 10.7. The van der Waals surface area contributed by atoms with E-state index in [-0.39, 0.29) is 12.1 Å². The van der Waals surface area contributed by atoms with Gasteiger partial charge in [-0.2, -0.15) is 10.5 Å². The Morgan fingerprint density at radius 3 is 2.79 bits per heavy atom. The number of rotatable bonds is 6. The molecule has 2 aliphatic heterocycles. The number of aromatic nitrogens is 1. The molecule has 10 heteroatoms. The average Bonchev–Trinajstić information content (AvgIpc) is 2.85. The number of piperidine rings is 1. The van der Waals surface area contributed by atoms with E-state index in [1.165, 1.54) is 6.20 Å². The quantitative estimate of drug-likeness (QED) is 0.544. The number of hydrogen-bond donors (Lipinski definition) is 3. The van der Waals surface area contributed by atoms with E-state index in [1.807, 2.05) is 11.0 Å². The first-order valence-corrected chi connectivity index (χ1v) is 11.9. The number of primary amides is 1. The SMILES string of the molecule is N#CC1=CC=C(N2CC[C@@H](Nc3cc(Nc4cccc(C#N)c4)ncc3C(N)=O)[C@@H](F)C2)PC1. The van der Waals surface area contributed by atoms with Crippen molar-refractivity contribution >= 4 is 31.7 Å². The Hall–Kier alpha value is -3.94. The number of nitrogens with zero attached hydrogens (tertiary/aromatic N) is 4. The van der Waals surface area contributed by atoms with Crippen LogP contribution < -0.4 is 16.4 Å². The van der Waals surface area contributed by atoms with E-state index in [0.717, 1.165) is 11.0 Å². The Bertz CT molecular complexity index is 1250. The summed E-state index contributed by atoms with van der Waals surface area (Å²) in [5.41, 5.74) is 9.08. The zero-order valence-electron chi connectivity index (χ0n) is 18.3. The average molecular weight is 475 g/mol. The fourth-order valence-corrected chi connectivity index (χ4v) is 5.11. The molecule has 1 saturated heterocycles. The highest BCUT2D eigenvalue weighted by Gasteiger charge is 2.31. The van der Waals surface area contributed by atoms with Crippen molar-refractivity contribution < 1.29 is 9.18 Å². The summed E-state index contributed by atoms with van der Waals surface area (Å²) in [6.45, 7) is 0.894. The predicted octanol–water partition coefficient (Wildman–Crippen LogP) is 3.60. The van der Waals surface area contributed by atoms with Crippen molar-refractivity contribution in [2.45, 2.75) is 18.6 Å². The van der Waals surface area contributed by atoms with E-state index >= 15 is 4.39 Å². The van der Waals surface area contributed by atoms with Gasteiger partial charge >= 0.3 is 0 Å². The van der Waals surface area contributed by atoms with E-state index in [0.29, 0.717) is 50.5 Å². The lowest BCUT2D eigenvalue weighted by atomic mass is 10.0. The van der Waals surface area contributed by atoms with Crippen LogP contribution >= 0.6 is 8.58 Å². The molecule has 1 fully saturated rings. The van der Waals surface area contributed by atoms with Crippen molar-refractivity contribution in [2.24, 2.45) is 5.73 Å². The van der Waals surface area contributed by atoms with Gasteiger partial charge in [-0.25, -0.2) is 9.37 Å². The number of benzene rings is 1. The van der Waals surface area contributed by atoms with Gasteiger partial charge in [0.1, 0.15) is 12.0 Å². The molecule has 0 saturated carbocycles. The first-order chi connectivity index (χ1) is 16.5. The molecule has 4 rings (SSSR count). The van der Waals surface area contributed by atoms with Gasteiger partial charge in [-0.3, -0.25) is 4.79 Å². The fraction of sp³-hybridized carbons (Fsp3) is 0.250. The van der Waals surface area contributed by atoms with Crippen LogP contribution in [0.3, 0.4) is 0 Å². The number of likely N-dealkylation sites (tertiary alicyclic amines) is 1. The van der Waals surface area contributed by atoms with Crippen molar-refractivity contribution in [3.05, 3.63) is 70.8 Å². The second-order valence-electron chi connectivity index (χ2n) is 8.01. The second-order valence-corrected chi connectivity index (χ2v) is 9.23. The standard InChI is InChI=1S/C24H23FN7OP/c25-19-13-32(23-5-4-16(11-27)14-34-23)7-6-20(19)31-21-9-22(29-12-18(21)24(28)33)30-17-3-1-2-15(8-17)10-26/h1-5,8-9,12,19-20,34H,6-7,13-14H2,(H2,28,33)(H2,29,30,31)/t19-,20+/m0/s1. The van der Waals surface area contributed by atoms with Gasteiger partial charge in [-0.05, 0) is 36.8 Å². The number of amides is 1. The van der Waals surface area contributed by atoms with Crippen LogP contribution in [0, 0.1) is 22.7 Å². The minimum absolute atomic E-state index is 0.177. The Labute approximate surface area is 198 Å². The highest BCUT2D eigenvalue weighted by Crippen LogP contribution is 2.35. The van der Waals surface area contributed by atoms with E-state index < -0.39 is 18.1 Å². The Morgan fingerprint density at radius 1 is 1.26 bits per heavy atom. The zero-order chi connectivity index (χ0) is 24.1. The monoisotopic (exact) mass is 475 g/mol. The van der Waals surface area contributed by atoms with Gasteiger partial charge in [0.25, 0.3) is 5.91 Å². The molecule has 1 aromatic heterocycles. The molecule has 1 unspecified atom stereocenters. The summed E-state index contributed by atoms with van der Waals surface area (Å²) in [6, 6.07) is 12.3. The lowest BCUT2D eigenvalue weighted by Crippen LogP contribution is -2.47. The molecule has 0 spiro atoms. The number of alkyl halides is 1. The molecule has 3 heterocycles. The number of hydrogen-bond acceptors (Lipinski definition) is 7. The van der Waals surface area contributed by atoms with Crippen LogP contribution in [0.5, 0.6) is 0 Å². The van der Waals surface area contributed by atoms with Crippen molar-refractivity contribution in [1.29, 1.82) is 10.5 Å². The lowest BCUT2D eigenvalue weighted by molar-refractivity contribution is 0.100. The normalized spacial score (nSPS) is 20.5. The van der Waals surface area contributed by atoms with Gasteiger partial charge in [0, 0.05) is 41.7 Å². The molecule has 34 heavy (non-hydrogen) atoms. The molecule has 0 radical (unpaired) electrons. The predicted molar refractivity (Wildman–Crippen MR) is 131 cm³/mol. The van der Waals surface area contributed by atoms with Gasteiger partial charge in [-0.15, -0.1) is 0 Å². The minimum Gasteiger partial charge on any atom is -0.378 e. The third-order valence-electron chi connectivity index (χ3n) is 5.70. The summed E-state index contributed by atoms with van der Waals surface area (Å²) in [4.78, 5) is 18.2. The Morgan fingerprint density at radius 2 is 2.12 bits per heavy atom. The number of pyridine rings is 1. The number of allylic oxidation sites excluding steroid dienone is 3. The number of halogens is 1. The molecule has 2 aliphatic rings. The maximum Gasteiger partial charge on any atom is 0.252 e. The van der Waals surface area contributed by atoms with Crippen molar-refractivity contribution in [3.63, 3.8) is 0 Å². The third kappa shape index (κ3) is 5.33. The molecule has 0 bridgehead atoms. The summed E-state index contributed by atoms with van der Waals surface area (Å²) < 4.78 is 15.2. The van der Waals surface area contributed by atoms with Crippen LogP contribution in [0.15, 0.2) is 59.7 Å². The summed E-state index contributed by atoms with van der Waals surface area (Å²) >= 11 is 0. The number of carbonyl (C=O) groups is 1. The molecule has 3 atom stereocenters. The molecule has 1 amide bonds. The maximum atomic E-state index is 15.2. The molecule has 2 aromatic rings. The van der Waals surface area contributed by atoms with E-state index in [2.05, 4.69) is 27.8 Å². The highest BCUT2D eigenvalue weighted by molar-refractivity contribution is 7.43. The van der Waals surface area contributed by atoms with E-state index in [9.17, 15) is 4.79 Å². The molecular formula is C24H23FN7OP. The number of anilines is 3. The van der Waals surface area contributed by atoms with Crippen molar-refractivity contribution in [1.82, 2.24) is 9.88 Å². The molecule has 1 aromatic carbocycles. The van der Waals surface area contributed by atoms with Gasteiger partial charge in [0.2, 0.25) is 0 Å². The molecule has 172 valence electrons. The van der Waals surface area contributed by atoms with Crippen LogP contribution in [0.2, 0.25) is 0 Å². The first kappa shape index (κ1) is 23.2. The van der Waals surface area contributed by atoms with Gasteiger partial charge in [-0.1, -0.05) is 14.6 Å². The van der Waals surface area contributed by atoms with Gasteiger partial charge < -0.3 is 21.3 Å². The Balaban J connectivity index is 1.48. The number of nitriles is 2. The smallest absolute Gasteiger partial charge is 0.252 e. The molecule has 8 nitrogen and oxygen atoms in total. The lowest BCUT2D eigenvalue weighted by Gasteiger charge is -2.38. The molecule has 0 aliphatic carbocycles. The zero-order valence-corrected chi connectivity index (χ0v) is 19.3. The van der Waals surface area contributed by atoms with Crippen LogP contribution in [0.25, 0.3) is 0 Å². The van der Waals surface area contributed by atoms with Gasteiger partial charge in [0.05, 0.1) is 41.5 Å². The van der Waals surface area contributed by atoms with Crippen molar-refractivity contribution in [3.8, 4) is 12.1 Å². The van der Waals surface area contributed by atoms with E-state index in [1.54, 1.807) is 36.4 Å². The molecule has 4 N–H and O–H groups in total. The number of nitrogens with two attached hydrogens (primary N) is 1. The van der Waals surface area contributed by atoms with Crippen molar-refractivity contribution in [2.75, 3.05) is 29.9 Å². The van der Waals surface area contributed by atoms with Gasteiger partial charge in [0.15, 0.2) is 0 Å². The highest BCUT2D eigenvalue weighted by atomic mass is 31.1. The summed E-state index contributed by atoms with van der Waals surface area (Å²) in [7, 11) is 0.455. The number of nitrogens with one attached hydrogen (secondary N) is 2. The third-order valence-corrected chi connectivity index (χ3v) is 7.11. The van der Waals surface area contributed by atoms with Crippen LogP contribution in [-0.2, 0) is 0 Å². The van der Waals surface area contributed by atoms with Crippen LogP contribution in [0.1, 0.15) is 22.3 Å². The number of carbonyl (C=O) groups excluding carboxylic acids is 1. The Kier molecular flexibility index (Phi) is 7.06. The van der Waals surface area contributed by atoms with E-state index in [4.69, 9.17) is 16.3 Å². The topological polar surface area (TPSA) is 131 Å². The summed E-state index contributed by atoms with van der Waals surface area (Å²) in [5.74, 6) is -0.224. The molecular weight excluding hydrogens is 452 g/mol. The minimum atomic E-state index is -1.17.